The number of nitrogens with zero attached hydrogens (tertiary/aromatic N) is 3. The Morgan fingerprint density at radius 1 is 1.24 bits per heavy atom. The van der Waals surface area contributed by atoms with Crippen LogP contribution < -0.4 is 19.6 Å². The Labute approximate surface area is 153 Å². The van der Waals surface area contributed by atoms with E-state index in [0.717, 1.165) is 5.69 Å². The molecule has 0 radical (unpaired) electrons. The third-order valence-corrected chi connectivity index (χ3v) is 4.49. The summed E-state index contributed by atoms with van der Waals surface area (Å²) in [4.78, 5) is 12.2. The highest BCUT2D eigenvalue weighted by atomic mass is 79.9. The first kappa shape index (κ1) is 18.8. The highest BCUT2D eigenvalue weighted by Gasteiger charge is 2.17. The molecule has 0 fully saturated rings. The summed E-state index contributed by atoms with van der Waals surface area (Å²) in [7, 11) is 6.35. The Morgan fingerprint density at radius 2 is 1.84 bits per heavy atom. The molecule has 8 nitrogen and oxygen atoms in total. The van der Waals surface area contributed by atoms with Crippen LogP contribution in [0.4, 0.5) is 0 Å². The van der Waals surface area contributed by atoms with E-state index in [0.29, 0.717) is 27.3 Å². The first-order chi connectivity index (χ1) is 11.9. The summed E-state index contributed by atoms with van der Waals surface area (Å²) >= 11 is 3.35. The lowest BCUT2D eigenvalue weighted by Crippen LogP contribution is -2.19. The minimum absolute atomic E-state index is 0.266. The van der Waals surface area contributed by atoms with Gasteiger partial charge in [0.15, 0.2) is 17.2 Å². The van der Waals surface area contributed by atoms with Gasteiger partial charge in [-0.15, -0.1) is 0 Å². The Balaban J connectivity index is 2.19. The molecule has 0 unspecified atom stereocenters. The van der Waals surface area contributed by atoms with Gasteiger partial charge in [-0.3, -0.25) is 9.48 Å². The standard InChI is InChI=1S/C16H19BrN4O4/c1-9-13(17)14(20-21(9)2)16(22)19-18-8-10-6-11(23-3)15(25-5)12(7-10)24-4/h6-8H,1-5H3,(H,19,22). The molecule has 1 heterocycles. The largest absolute Gasteiger partial charge is 0.493 e. The number of hydrazone groups is 1. The van der Waals surface area contributed by atoms with Crippen molar-refractivity contribution >= 4 is 28.1 Å². The van der Waals surface area contributed by atoms with Gasteiger partial charge in [-0.2, -0.15) is 10.2 Å². The molecule has 0 aliphatic rings. The summed E-state index contributed by atoms with van der Waals surface area (Å²) in [5.41, 5.74) is 4.23. The molecule has 0 atom stereocenters. The van der Waals surface area contributed by atoms with Crippen LogP contribution >= 0.6 is 15.9 Å². The van der Waals surface area contributed by atoms with Gasteiger partial charge in [-0.05, 0) is 35.0 Å². The van der Waals surface area contributed by atoms with Crippen molar-refractivity contribution in [2.45, 2.75) is 6.92 Å². The summed E-state index contributed by atoms with van der Waals surface area (Å²) in [6.07, 6.45) is 1.48. The van der Waals surface area contributed by atoms with Crippen molar-refractivity contribution in [1.82, 2.24) is 15.2 Å². The predicted molar refractivity (Wildman–Crippen MR) is 96.8 cm³/mol. The number of methoxy groups -OCH3 is 3. The van der Waals surface area contributed by atoms with Crippen LogP contribution in [-0.4, -0.2) is 43.2 Å². The molecule has 0 aliphatic heterocycles. The van der Waals surface area contributed by atoms with E-state index in [-0.39, 0.29) is 5.69 Å². The van der Waals surface area contributed by atoms with E-state index in [9.17, 15) is 4.79 Å². The highest BCUT2D eigenvalue weighted by Crippen LogP contribution is 2.37. The molecule has 2 aromatic rings. The Morgan fingerprint density at radius 3 is 2.28 bits per heavy atom. The maximum atomic E-state index is 12.2. The maximum Gasteiger partial charge on any atom is 0.293 e. The molecular weight excluding hydrogens is 392 g/mol. The lowest BCUT2D eigenvalue weighted by Gasteiger charge is -2.12. The Kier molecular flexibility index (Phi) is 6.02. The molecule has 0 saturated heterocycles. The number of rotatable bonds is 6. The van der Waals surface area contributed by atoms with Crippen LogP contribution in [0.1, 0.15) is 21.7 Å². The summed E-state index contributed by atoms with van der Waals surface area (Å²) in [5, 5.41) is 8.10. The van der Waals surface area contributed by atoms with E-state index < -0.39 is 5.91 Å². The number of aryl methyl sites for hydroxylation is 1. The first-order valence-electron chi connectivity index (χ1n) is 7.25. The van der Waals surface area contributed by atoms with E-state index in [1.807, 2.05) is 6.92 Å². The van der Waals surface area contributed by atoms with Gasteiger partial charge in [0.2, 0.25) is 5.75 Å². The number of hydrogen-bond acceptors (Lipinski definition) is 6. The van der Waals surface area contributed by atoms with E-state index in [4.69, 9.17) is 14.2 Å². The lowest BCUT2D eigenvalue weighted by molar-refractivity contribution is 0.0948. The number of benzene rings is 1. The number of carbonyl (C=O) groups is 1. The predicted octanol–water partition coefficient (Wildman–Crippen LogP) is 2.28. The zero-order valence-corrected chi connectivity index (χ0v) is 16.2. The fourth-order valence-corrected chi connectivity index (χ4v) is 2.64. The van der Waals surface area contributed by atoms with Crippen molar-refractivity contribution in [3.05, 3.63) is 33.6 Å². The van der Waals surface area contributed by atoms with Crippen molar-refractivity contribution in [3.8, 4) is 17.2 Å². The molecule has 1 amide bonds. The molecule has 0 aliphatic carbocycles. The van der Waals surface area contributed by atoms with E-state index in [1.54, 1.807) is 23.9 Å². The van der Waals surface area contributed by atoms with Crippen molar-refractivity contribution in [1.29, 1.82) is 0 Å². The number of carbonyl (C=O) groups excluding carboxylic acids is 1. The molecule has 0 saturated carbocycles. The number of nitrogens with one attached hydrogen (secondary N) is 1. The van der Waals surface area contributed by atoms with Crippen molar-refractivity contribution in [2.75, 3.05) is 21.3 Å². The summed E-state index contributed by atoms with van der Waals surface area (Å²) in [6.45, 7) is 1.85. The van der Waals surface area contributed by atoms with Gasteiger partial charge < -0.3 is 14.2 Å². The van der Waals surface area contributed by atoms with Crippen LogP contribution in [0.2, 0.25) is 0 Å². The highest BCUT2D eigenvalue weighted by molar-refractivity contribution is 9.10. The summed E-state index contributed by atoms with van der Waals surface area (Å²) < 4.78 is 18.1. The average Bonchev–Trinajstić information content (AvgIpc) is 2.88. The second-order valence-corrected chi connectivity index (χ2v) is 5.82. The van der Waals surface area contributed by atoms with Gasteiger partial charge in [0, 0.05) is 12.6 Å². The van der Waals surface area contributed by atoms with E-state index in [2.05, 4.69) is 31.6 Å². The van der Waals surface area contributed by atoms with E-state index >= 15 is 0 Å². The van der Waals surface area contributed by atoms with Crippen LogP contribution in [0, 0.1) is 6.92 Å². The van der Waals surface area contributed by atoms with E-state index in [1.165, 1.54) is 27.5 Å². The van der Waals surface area contributed by atoms with Gasteiger partial charge in [0.1, 0.15) is 0 Å². The number of aromatic nitrogens is 2. The van der Waals surface area contributed by atoms with Crippen molar-refractivity contribution in [3.63, 3.8) is 0 Å². The molecule has 1 N–H and O–H groups in total. The topological polar surface area (TPSA) is 87.0 Å². The molecule has 134 valence electrons. The zero-order chi connectivity index (χ0) is 18.6. The monoisotopic (exact) mass is 410 g/mol. The van der Waals surface area contributed by atoms with Crippen LogP contribution in [0.15, 0.2) is 21.7 Å². The lowest BCUT2D eigenvalue weighted by atomic mass is 10.2. The third-order valence-electron chi connectivity index (χ3n) is 3.54. The van der Waals surface area contributed by atoms with Gasteiger partial charge in [0.05, 0.1) is 37.7 Å². The third kappa shape index (κ3) is 3.93. The normalized spacial score (nSPS) is 10.8. The molecule has 2 rings (SSSR count). The van der Waals surface area contributed by atoms with Gasteiger partial charge >= 0.3 is 0 Å². The van der Waals surface area contributed by atoms with Gasteiger partial charge in [-0.25, -0.2) is 5.43 Å². The smallest absolute Gasteiger partial charge is 0.293 e. The number of amides is 1. The van der Waals surface area contributed by atoms with Crippen molar-refractivity contribution < 1.29 is 19.0 Å². The van der Waals surface area contributed by atoms with Crippen LogP contribution in [0.3, 0.4) is 0 Å². The quantitative estimate of drug-likeness (QED) is 0.582. The second-order valence-electron chi connectivity index (χ2n) is 5.03. The molecule has 1 aromatic carbocycles. The average molecular weight is 411 g/mol. The maximum absolute atomic E-state index is 12.2. The van der Waals surface area contributed by atoms with Crippen LogP contribution in [0.5, 0.6) is 17.2 Å². The fourth-order valence-electron chi connectivity index (χ4n) is 2.12. The molecule has 1 aromatic heterocycles. The zero-order valence-electron chi connectivity index (χ0n) is 14.6. The van der Waals surface area contributed by atoms with Gasteiger partial charge in [0.25, 0.3) is 5.91 Å². The fraction of sp³-hybridized carbons (Fsp3) is 0.312. The SMILES string of the molecule is COc1cc(C=NNC(=O)c2nn(C)c(C)c2Br)cc(OC)c1OC. The number of hydrogen-bond donors (Lipinski definition) is 1. The molecule has 0 spiro atoms. The van der Waals surface area contributed by atoms with Crippen LogP contribution in [-0.2, 0) is 7.05 Å². The number of ether oxygens (including phenoxy) is 3. The molecule has 0 bridgehead atoms. The molecule has 25 heavy (non-hydrogen) atoms. The second kappa shape index (κ2) is 8.02. The Hall–Kier alpha value is -2.55. The van der Waals surface area contributed by atoms with Crippen LogP contribution in [0.25, 0.3) is 0 Å². The molecular formula is C16H19BrN4O4. The minimum atomic E-state index is -0.417. The van der Waals surface area contributed by atoms with Gasteiger partial charge in [-0.1, -0.05) is 0 Å². The minimum Gasteiger partial charge on any atom is -0.493 e. The molecule has 9 heteroatoms. The Bertz CT molecular complexity index is 792. The number of halogens is 1. The first-order valence-corrected chi connectivity index (χ1v) is 8.04. The van der Waals surface area contributed by atoms with Crippen molar-refractivity contribution in [2.24, 2.45) is 12.1 Å². The summed E-state index contributed by atoms with van der Waals surface area (Å²) in [6, 6.07) is 3.44. The summed E-state index contributed by atoms with van der Waals surface area (Å²) in [5.74, 6) is 1.06.